The third kappa shape index (κ3) is 3.80. The molecule has 144 valence electrons. The zero-order valence-electron chi connectivity index (χ0n) is 16.1. The highest BCUT2D eigenvalue weighted by atomic mass is 16.1. The standard InChI is InChI=1S/C21H24N6O/c1-22-21(28)19-4-3-14(13-24-19)16-5-6-17-20(26-16)18(7-10-23-17)25-15-8-11-27(2)12-9-15/h3-7,10,13,15H,8-9,11-12H2,1-2H3,(H,22,28)(H,23,25). The van der Waals surface area contributed by atoms with Crippen molar-refractivity contribution < 1.29 is 4.79 Å². The number of piperidine rings is 1. The molecular weight excluding hydrogens is 352 g/mol. The third-order valence-corrected chi connectivity index (χ3v) is 5.18. The number of likely N-dealkylation sites (tertiary alicyclic amines) is 1. The van der Waals surface area contributed by atoms with Crippen LogP contribution >= 0.6 is 0 Å². The number of fused-ring (bicyclic) bond motifs is 1. The molecule has 3 aromatic heterocycles. The number of nitrogens with zero attached hydrogens (tertiary/aromatic N) is 4. The van der Waals surface area contributed by atoms with E-state index in [0.717, 1.165) is 53.9 Å². The van der Waals surface area contributed by atoms with Crippen LogP contribution < -0.4 is 10.6 Å². The van der Waals surface area contributed by atoms with Gasteiger partial charge in [-0.05, 0) is 63.3 Å². The Morgan fingerprint density at radius 3 is 2.64 bits per heavy atom. The average molecular weight is 376 g/mol. The number of hydrogen-bond donors (Lipinski definition) is 2. The first-order valence-corrected chi connectivity index (χ1v) is 9.53. The highest BCUT2D eigenvalue weighted by molar-refractivity contribution is 5.92. The predicted octanol–water partition coefficient (Wildman–Crippen LogP) is 2.56. The van der Waals surface area contributed by atoms with Gasteiger partial charge in [0.15, 0.2) is 0 Å². The first-order chi connectivity index (χ1) is 13.6. The molecular formula is C21H24N6O. The maximum absolute atomic E-state index is 11.7. The second-order valence-electron chi connectivity index (χ2n) is 7.16. The molecule has 7 nitrogen and oxygen atoms in total. The fraction of sp³-hybridized carbons (Fsp3) is 0.333. The predicted molar refractivity (Wildman–Crippen MR) is 110 cm³/mol. The molecule has 0 aromatic carbocycles. The molecule has 1 saturated heterocycles. The molecule has 1 fully saturated rings. The lowest BCUT2D eigenvalue weighted by molar-refractivity contribution is 0.0958. The molecule has 4 rings (SSSR count). The molecule has 0 atom stereocenters. The summed E-state index contributed by atoms with van der Waals surface area (Å²) in [6.45, 7) is 2.20. The second-order valence-corrected chi connectivity index (χ2v) is 7.16. The normalized spacial score (nSPS) is 15.5. The van der Waals surface area contributed by atoms with Crippen LogP contribution in [0, 0.1) is 0 Å². The fourth-order valence-electron chi connectivity index (χ4n) is 3.48. The summed E-state index contributed by atoms with van der Waals surface area (Å²) in [5.74, 6) is -0.202. The summed E-state index contributed by atoms with van der Waals surface area (Å²) < 4.78 is 0. The summed E-state index contributed by atoms with van der Waals surface area (Å²) >= 11 is 0. The van der Waals surface area contributed by atoms with Crippen molar-refractivity contribution >= 4 is 22.6 Å². The van der Waals surface area contributed by atoms with E-state index >= 15 is 0 Å². The van der Waals surface area contributed by atoms with E-state index in [4.69, 9.17) is 4.98 Å². The first kappa shape index (κ1) is 18.3. The molecule has 0 saturated carbocycles. The lowest BCUT2D eigenvalue weighted by atomic mass is 10.0. The Bertz CT molecular complexity index is 980. The van der Waals surface area contributed by atoms with Crippen molar-refractivity contribution in [1.82, 2.24) is 25.2 Å². The summed E-state index contributed by atoms with van der Waals surface area (Å²) in [6, 6.07) is 9.92. The SMILES string of the molecule is CNC(=O)c1ccc(-c2ccc3nccc(NC4CCN(C)CC4)c3n2)cn1. The van der Waals surface area contributed by atoms with Crippen molar-refractivity contribution in [3.8, 4) is 11.3 Å². The molecule has 28 heavy (non-hydrogen) atoms. The Kier molecular flexibility index (Phi) is 5.16. The van der Waals surface area contributed by atoms with E-state index in [0.29, 0.717) is 11.7 Å². The monoisotopic (exact) mass is 376 g/mol. The van der Waals surface area contributed by atoms with Crippen LogP contribution in [0.1, 0.15) is 23.3 Å². The van der Waals surface area contributed by atoms with Gasteiger partial charge in [0.1, 0.15) is 11.2 Å². The molecule has 2 N–H and O–H groups in total. The number of hydrogen-bond acceptors (Lipinski definition) is 6. The number of nitrogens with one attached hydrogen (secondary N) is 2. The highest BCUT2D eigenvalue weighted by Gasteiger charge is 2.17. The Morgan fingerprint density at radius 2 is 1.93 bits per heavy atom. The fourth-order valence-corrected chi connectivity index (χ4v) is 3.48. The molecule has 7 heteroatoms. The largest absolute Gasteiger partial charge is 0.380 e. The van der Waals surface area contributed by atoms with Crippen LogP contribution in [0.5, 0.6) is 0 Å². The van der Waals surface area contributed by atoms with Crippen LogP contribution in [-0.2, 0) is 0 Å². The Labute approximate surface area is 164 Å². The Hall–Kier alpha value is -3.06. The van der Waals surface area contributed by atoms with Crippen LogP contribution in [0.15, 0.2) is 42.7 Å². The zero-order chi connectivity index (χ0) is 19.5. The summed E-state index contributed by atoms with van der Waals surface area (Å²) in [5, 5.41) is 6.23. The van der Waals surface area contributed by atoms with Gasteiger partial charge in [0.05, 0.1) is 16.9 Å². The van der Waals surface area contributed by atoms with Gasteiger partial charge >= 0.3 is 0 Å². The molecule has 4 heterocycles. The Morgan fingerprint density at radius 1 is 1.11 bits per heavy atom. The maximum Gasteiger partial charge on any atom is 0.269 e. The maximum atomic E-state index is 11.7. The van der Waals surface area contributed by atoms with Gasteiger partial charge in [-0.2, -0.15) is 0 Å². The van der Waals surface area contributed by atoms with Gasteiger partial charge in [0.25, 0.3) is 5.91 Å². The number of pyridine rings is 3. The molecule has 1 aliphatic rings. The number of carbonyl (C=O) groups is 1. The minimum absolute atomic E-state index is 0.202. The van der Waals surface area contributed by atoms with Crippen LogP contribution in [0.2, 0.25) is 0 Å². The molecule has 0 bridgehead atoms. The number of anilines is 1. The number of aromatic nitrogens is 3. The summed E-state index contributed by atoms with van der Waals surface area (Å²) in [5.41, 5.74) is 4.78. The van der Waals surface area contributed by atoms with Crippen LogP contribution in [-0.4, -0.2) is 59.0 Å². The smallest absolute Gasteiger partial charge is 0.269 e. The topological polar surface area (TPSA) is 83.0 Å². The van der Waals surface area contributed by atoms with E-state index in [9.17, 15) is 4.79 Å². The molecule has 0 aliphatic carbocycles. The van der Waals surface area contributed by atoms with Gasteiger partial charge < -0.3 is 15.5 Å². The lowest BCUT2D eigenvalue weighted by Crippen LogP contribution is -2.36. The number of amides is 1. The lowest BCUT2D eigenvalue weighted by Gasteiger charge is -2.30. The molecule has 1 aliphatic heterocycles. The van der Waals surface area contributed by atoms with E-state index in [1.165, 1.54) is 0 Å². The average Bonchev–Trinajstić information content (AvgIpc) is 2.75. The van der Waals surface area contributed by atoms with E-state index in [1.54, 1.807) is 19.3 Å². The quantitative estimate of drug-likeness (QED) is 0.728. The van der Waals surface area contributed by atoms with Crippen molar-refractivity contribution in [3.63, 3.8) is 0 Å². The summed E-state index contributed by atoms with van der Waals surface area (Å²) in [4.78, 5) is 27.6. The molecule has 0 spiro atoms. The van der Waals surface area contributed by atoms with Gasteiger partial charge in [-0.25, -0.2) is 4.98 Å². The molecule has 0 unspecified atom stereocenters. The van der Waals surface area contributed by atoms with Crippen molar-refractivity contribution in [1.29, 1.82) is 0 Å². The summed E-state index contributed by atoms with van der Waals surface area (Å²) in [6.07, 6.45) is 5.73. The van der Waals surface area contributed by atoms with Crippen molar-refractivity contribution in [2.45, 2.75) is 18.9 Å². The highest BCUT2D eigenvalue weighted by Crippen LogP contribution is 2.26. The van der Waals surface area contributed by atoms with Gasteiger partial charge in [0.2, 0.25) is 0 Å². The van der Waals surface area contributed by atoms with E-state index < -0.39 is 0 Å². The number of rotatable bonds is 4. The Balaban J connectivity index is 1.63. The summed E-state index contributed by atoms with van der Waals surface area (Å²) in [7, 11) is 3.75. The molecule has 3 aromatic rings. The van der Waals surface area contributed by atoms with Gasteiger partial charge in [-0.3, -0.25) is 14.8 Å². The van der Waals surface area contributed by atoms with E-state index in [2.05, 4.69) is 32.5 Å². The van der Waals surface area contributed by atoms with Gasteiger partial charge in [-0.1, -0.05) is 0 Å². The molecule has 1 amide bonds. The van der Waals surface area contributed by atoms with Crippen LogP contribution in [0.4, 0.5) is 5.69 Å². The first-order valence-electron chi connectivity index (χ1n) is 9.53. The van der Waals surface area contributed by atoms with Crippen molar-refractivity contribution in [3.05, 3.63) is 48.4 Å². The third-order valence-electron chi connectivity index (χ3n) is 5.18. The van der Waals surface area contributed by atoms with E-state index in [-0.39, 0.29) is 5.91 Å². The molecule has 0 radical (unpaired) electrons. The number of carbonyl (C=O) groups excluding carboxylic acids is 1. The minimum atomic E-state index is -0.202. The zero-order valence-corrected chi connectivity index (χ0v) is 16.1. The van der Waals surface area contributed by atoms with Crippen molar-refractivity contribution in [2.75, 3.05) is 32.5 Å². The van der Waals surface area contributed by atoms with Crippen LogP contribution in [0.25, 0.3) is 22.3 Å². The second kappa shape index (κ2) is 7.90. The minimum Gasteiger partial charge on any atom is -0.380 e. The van der Waals surface area contributed by atoms with Crippen LogP contribution in [0.3, 0.4) is 0 Å². The van der Waals surface area contributed by atoms with E-state index in [1.807, 2.05) is 30.5 Å². The van der Waals surface area contributed by atoms with Gasteiger partial charge in [-0.15, -0.1) is 0 Å². The van der Waals surface area contributed by atoms with Crippen molar-refractivity contribution in [2.24, 2.45) is 0 Å². The van der Waals surface area contributed by atoms with Gasteiger partial charge in [0, 0.05) is 31.0 Å².